The van der Waals surface area contributed by atoms with Crippen molar-refractivity contribution >= 4 is 5.69 Å². The van der Waals surface area contributed by atoms with Crippen molar-refractivity contribution in [3.63, 3.8) is 0 Å². The van der Waals surface area contributed by atoms with Gasteiger partial charge in [-0.3, -0.25) is 0 Å². The van der Waals surface area contributed by atoms with Gasteiger partial charge < -0.3 is 10.0 Å². The second kappa shape index (κ2) is 7.02. The predicted octanol–water partition coefficient (Wildman–Crippen LogP) is 3.86. The van der Waals surface area contributed by atoms with Crippen LogP contribution in [0.3, 0.4) is 0 Å². The van der Waals surface area contributed by atoms with Gasteiger partial charge in [-0.15, -0.1) is 0 Å². The molecule has 1 aromatic rings. The van der Waals surface area contributed by atoms with Crippen LogP contribution in [0.4, 0.5) is 14.5 Å². The first-order valence-electron chi connectivity index (χ1n) is 7.49. The van der Waals surface area contributed by atoms with Crippen molar-refractivity contribution in [1.29, 1.82) is 0 Å². The molecule has 1 N–H and O–H groups in total. The van der Waals surface area contributed by atoms with Crippen LogP contribution < -0.4 is 4.90 Å². The van der Waals surface area contributed by atoms with Crippen LogP contribution in [-0.2, 0) is 6.61 Å². The van der Waals surface area contributed by atoms with Gasteiger partial charge in [0.15, 0.2) is 0 Å². The molecule has 4 heteroatoms. The Kier molecular flexibility index (Phi) is 5.35. The van der Waals surface area contributed by atoms with Crippen LogP contribution in [0.2, 0.25) is 0 Å². The number of rotatable bonds is 4. The van der Waals surface area contributed by atoms with E-state index in [1.54, 1.807) is 0 Å². The number of aliphatic hydroxyl groups excluding tert-OH is 1. The smallest absolute Gasteiger partial charge is 0.149 e. The van der Waals surface area contributed by atoms with Gasteiger partial charge in [0.1, 0.15) is 17.3 Å². The van der Waals surface area contributed by atoms with E-state index in [2.05, 4.69) is 6.92 Å². The van der Waals surface area contributed by atoms with E-state index in [1.165, 1.54) is 25.0 Å². The second-order valence-electron chi connectivity index (χ2n) is 5.64. The van der Waals surface area contributed by atoms with Gasteiger partial charge in [0, 0.05) is 13.1 Å². The van der Waals surface area contributed by atoms with E-state index in [1.807, 2.05) is 4.90 Å². The fraction of sp³-hybridized carbons (Fsp3) is 0.625. The van der Waals surface area contributed by atoms with Crippen molar-refractivity contribution in [2.75, 3.05) is 18.0 Å². The third kappa shape index (κ3) is 3.48. The van der Waals surface area contributed by atoms with Crippen molar-refractivity contribution in [2.24, 2.45) is 5.92 Å². The van der Waals surface area contributed by atoms with Gasteiger partial charge in [-0.25, -0.2) is 8.78 Å². The molecule has 0 saturated carbocycles. The van der Waals surface area contributed by atoms with Gasteiger partial charge in [0.2, 0.25) is 0 Å². The van der Waals surface area contributed by atoms with Crippen LogP contribution in [0.15, 0.2) is 12.1 Å². The number of anilines is 1. The third-order valence-electron chi connectivity index (χ3n) is 4.12. The molecule has 0 bridgehead atoms. The van der Waals surface area contributed by atoms with Gasteiger partial charge >= 0.3 is 0 Å². The highest BCUT2D eigenvalue weighted by Gasteiger charge is 2.22. The summed E-state index contributed by atoms with van der Waals surface area (Å²) in [5.74, 6) is -0.459. The topological polar surface area (TPSA) is 23.5 Å². The molecule has 1 aliphatic heterocycles. The summed E-state index contributed by atoms with van der Waals surface area (Å²) >= 11 is 0. The average Bonchev–Trinajstić information content (AvgIpc) is 2.64. The van der Waals surface area contributed by atoms with Crippen LogP contribution in [0.1, 0.15) is 44.6 Å². The average molecular weight is 283 g/mol. The second-order valence-corrected chi connectivity index (χ2v) is 5.64. The molecule has 2 rings (SSSR count). The number of nitrogens with zero attached hydrogens (tertiary/aromatic N) is 1. The normalized spacial score (nSPS) is 20.0. The summed E-state index contributed by atoms with van der Waals surface area (Å²) in [5.41, 5.74) is 0.349. The van der Waals surface area contributed by atoms with Crippen LogP contribution in [0.25, 0.3) is 0 Å². The Bertz CT molecular complexity index is 427. The minimum atomic E-state index is -0.567. The molecule has 1 unspecified atom stereocenters. The lowest BCUT2D eigenvalue weighted by Gasteiger charge is -2.24. The van der Waals surface area contributed by atoms with E-state index in [0.29, 0.717) is 19.0 Å². The van der Waals surface area contributed by atoms with Crippen molar-refractivity contribution in [3.05, 3.63) is 29.3 Å². The van der Waals surface area contributed by atoms with E-state index < -0.39 is 11.6 Å². The number of hydrogen-bond donors (Lipinski definition) is 1. The predicted molar refractivity (Wildman–Crippen MR) is 76.7 cm³/mol. The van der Waals surface area contributed by atoms with Gasteiger partial charge in [0.25, 0.3) is 0 Å². The SMILES string of the molecule is CCCC1CCCN(c2c(F)cc(CO)cc2F)CC1. The molecule has 0 radical (unpaired) electrons. The Morgan fingerprint density at radius 3 is 2.50 bits per heavy atom. The van der Waals surface area contributed by atoms with Gasteiger partial charge in [-0.05, 0) is 42.9 Å². The summed E-state index contributed by atoms with van der Waals surface area (Å²) in [7, 11) is 0. The number of hydrogen-bond acceptors (Lipinski definition) is 2. The lowest BCUT2D eigenvalue weighted by molar-refractivity contribution is 0.280. The largest absolute Gasteiger partial charge is 0.392 e. The standard InChI is InChI=1S/C16H23F2NO/c1-2-4-12-5-3-7-19(8-6-12)16-14(17)9-13(11-20)10-15(16)18/h9-10,12,20H,2-8,11H2,1H3. The Hall–Kier alpha value is -1.16. The highest BCUT2D eigenvalue weighted by Crippen LogP contribution is 2.29. The van der Waals surface area contributed by atoms with Crippen LogP contribution in [0, 0.1) is 17.6 Å². The van der Waals surface area contributed by atoms with Crippen molar-refractivity contribution < 1.29 is 13.9 Å². The molecule has 1 aromatic carbocycles. The zero-order chi connectivity index (χ0) is 14.5. The highest BCUT2D eigenvalue weighted by atomic mass is 19.1. The maximum Gasteiger partial charge on any atom is 0.149 e. The lowest BCUT2D eigenvalue weighted by atomic mass is 9.96. The summed E-state index contributed by atoms with van der Waals surface area (Å²) < 4.78 is 28.1. The van der Waals surface area contributed by atoms with Crippen LogP contribution in [-0.4, -0.2) is 18.2 Å². The number of benzene rings is 1. The minimum absolute atomic E-state index is 0.0688. The first kappa shape index (κ1) is 15.2. The molecule has 1 heterocycles. The van der Waals surface area contributed by atoms with Crippen molar-refractivity contribution in [2.45, 2.75) is 45.6 Å². The molecule has 20 heavy (non-hydrogen) atoms. The molecular formula is C16H23F2NO. The first-order valence-corrected chi connectivity index (χ1v) is 7.49. The molecule has 0 aromatic heterocycles. The maximum absolute atomic E-state index is 14.1. The quantitative estimate of drug-likeness (QED) is 0.907. The van der Waals surface area contributed by atoms with Crippen LogP contribution >= 0.6 is 0 Å². The van der Waals surface area contributed by atoms with Gasteiger partial charge in [-0.2, -0.15) is 0 Å². The summed E-state index contributed by atoms with van der Waals surface area (Å²) in [4.78, 5) is 1.82. The molecule has 0 aliphatic carbocycles. The molecular weight excluding hydrogens is 260 g/mol. The van der Waals surface area contributed by atoms with Gasteiger partial charge in [-0.1, -0.05) is 19.8 Å². The Labute approximate surface area is 119 Å². The summed E-state index contributed by atoms with van der Waals surface area (Å²) in [6.07, 6.45) is 5.48. The zero-order valence-electron chi connectivity index (χ0n) is 12.0. The Morgan fingerprint density at radius 1 is 1.20 bits per heavy atom. The molecule has 0 amide bonds. The van der Waals surface area contributed by atoms with E-state index in [4.69, 9.17) is 5.11 Å². The fourth-order valence-electron chi connectivity index (χ4n) is 3.10. The number of halogens is 2. The lowest BCUT2D eigenvalue weighted by Crippen LogP contribution is -2.26. The molecule has 0 spiro atoms. The zero-order valence-corrected chi connectivity index (χ0v) is 12.0. The first-order chi connectivity index (χ1) is 9.65. The van der Waals surface area contributed by atoms with Crippen LogP contribution in [0.5, 0.6) is 0 Å². The van der Waals surface area contributed by atoms with Gasteiger partial charge in [0.05, 0.1) is 6.61 Å². The van der Waals surface area contributed by atoms with E-state index >= 15 is 0 Å². The summed E-state index contributed by atoms with van der Waals surface area (Å²) in [6, 6.07) is 2.46. The molecule has 1 saturated heterocycles. The highest BCUT2D eigenvalue weighted by molar-refractivity contribution is 5.50. The Morgan fingerprint density at radius 2 is 1.90 bits per heavy atom. The minimum Gasteiger partial charge on any atom is -0.392 e. The Balaban J connectivity index is 2.15. The van der Waals surface area contributed by atoms with Crippen molar-refractivity contribution in [3.8, 4) is 0 Å². The molecule has 1 atom stereocenters. The summed E-state index contributed by atoms with van der Waals surface area (Å²) in [6.45, 7) is 3.24. The number of aliphatic hydroxyl groups is 1. The molecule has 112 valence electrons. The van der Waals surface area contributed by atoms with E-state index in [-0.39, 0.29) is 17.9 Å². The fourth-order valence-corrected chi connectivity index (χ4v) is 3.10. The molecule has 1 fully saturated rings. The van der Waals surface area contributed by atoms with E-state index in [0.717, 1.165) is 19.3 Å². The van der Waals surface area contributed by atoms with Crippen molar-refractivity contribution in [1.82, 2.24) is 0 Å². The maximum atomic E-state index is 14.1. The third-order valence-corrected chi connectivity index (χ3v) is 4.12. The monoisotopic (exact) mass is 283 g/mol. The summed E-state index contributed by atoms with van der Waals surface area (Å²) in [5, 5.41) is 8.98. The van der Waals surface area contributed by atoms with E-state index in [9.17, 15) is 8.78 Å². The molecule has 2 nitrogen and oxygen atoms in total. The molecule has 1 aliphatic rings.